The molecule has 1 aromatic heterocycles. The number of hydrogen-bond acceptors (Lipinski definition) is 2. The van der Waals surface area contributed by atoms with Crippen LogP contribution in [-0.2, 0) is 0 Å². The second kappa shape index (κ2) is 3.89. The Kier molecular flexibility index (Phi) is 2.84. The summed E-state index contributed by atoms with van der Waals surface area (Å²) in [7, 11) is 0. The molecule has 0 radical (unpaired) electrons. The fraction of sp³-hybridized carbons (Fsp3) is 0.333. The van der Waals surface area contributed by atoms with Crippen molar-refractivity contribution in [1.82, 2.24) is 10.3 Å². The normalized spacial score (nSPS) is 9.69. The number of nitrogens with one attached hydrogen (secondary N) is 2. The minimum Gasteiger partial charge on any atom is -0.352 e. The minimum absolute atomic E-state index is 0.211. The van der Waals surface area contributed by atoms with Gasteiger partial charge in [0.05, 0.1) is 0 Å². The number of aryl methyl sites for hydroxylation is 1. The Labute approximate surface area is 76.0 Å². The van der Waals surface area contributed by atoms with Crippen LogP contribution in [0, 0.1) is 6.92 Å². The molecule has 0 aliphatic carbocycles. The van der Waals surface area contributed by atoms with Crippen molar-refractivity contribution >= 4 is 5.91 Å². The zero-order valence-corrected chi connectivity index (χ0v) is 7.68. The van der Waals surface area contributed by atoms with Crippen molar-refractivity contribution < 1.29 is 4.79 Å². The molecule has 0 saturated heterocycles. The quantitative estimate of drug-likeness (QED) is 0.693. The van der Waals surface area contributed by atoms with Crippen LogP contribution in [0.4, 0.5) is 0 Å². The predicted molar refractivity (Wildman–Crippen MR) is 49.8 cm³/mol. The van der Waals surface area contributed by atoms with Gasteiger partial charge in [-0.2, -0.15) is 0 Å². The lowest BCUT2D eigenvalue weighted by atomic mass is 10.2. The molecule has 1 heterocycles. The molecule has 0 aliphatic rings. The molecule has 0 fully saturated rings. The highest BCUT2D eigenvalue weighted by Crippen LogP contribution is 1.96. The molecule has 1 aromatic rings. The van der Waals surface area contributed by atoms with Gasteiger partial charge in [0.15, 0.2) is 0 Å². The molecule has 2 N–H and O–H groups in total. The van der Waals surface area contributed by atoms with Crippen LogP contribution in [0.5, 0.6) is 0 Å². The van der Waals surface area contributed by atoms with Crippen molar-refractivity contribution in [2.75, 3.05) is 6.54 Å². The zero-order chi connectivity index (χ0) is 9.84. The van der Waals surface area contributed by atoms with Crippen LogP contribution in [0.1, 0.15) is 23.0 Å². The van der Waals surface area contributed by atoms with Crippen molar-refractivity contribution in [2.24, 2.45) is 0 Å². The van der Waals surface area contributed by atoms with Crippen molar-refractivity contribution in [2.45, 2.75) is 13.8 Å². The summed E-state index contributed by atoms with van der Waals surface area (Å²) >= 11 is 0. The van der Waals surface area contributed by atoms with Crippen LogP contribution in [0.25, 0.3) is 0 Å². The molecule has 13 heavy (non-hydrogen) atoms. The summed E-state index contributed by atoms with van der Waals surface area (Å²) in [4.78, 5) is 24.8. The van der Waals surface area contributed by atoms with E-state index in [9.17, 15) is 9.59 Å². The molecule has 70 valence electrons. The Morgan fingerprint density at radius 2 is 2.23 bits per heavy atom. The van der Waals surface area contributed by atoms with E-state index in [4.69, 9.17) is 0 Å². The van der Waals surface area contributed by atoms with Gasteiger partial charge in [-0.15, -0.1) is 0 Å². The second-order valence-electron chi connectivity index (χ2n) is 2.78. The molecule has 0 aliphatic heterocycles. The van der Waals surface area contributed by atoms with E-state index in [1.165, 1.54) is 6.07 Å². The lowest BCUT2D eigenvalue weighted by Crippen LogP contribution is -2.24. The third-order valence-electron chi connectivity index (χ3n) is 1.58. The Morgan fingerprint density at radius 1 is 1.54 bits per heavy atom. The summed E-state index contributed by atoms with van der Waals surface area (Å²) in [5.41, 5.74) is 0.845. The van der Waals surface area contributed by atoms with E-state index >= 15 is 0 Å². The van der Waals surface area contributed by atoms with Crippen LogP contribution >= 0.6 is 0 Å². The van der Waals surface area contributed by atoms with E-state index in [2.05, 4.69) is 10.3 Å². The monoisotopic (exact) mass is 180 g/mol. The fourth-order valence-corrected chi connectivity index (χ4v) is 1.08. The molecule has 0 spiro atoms. The summed E-state index contributed by atoms with van der Waals surface area (Å²) in [5.74, 6) is -0.211. The number of aromatic nitrogens is 1. The number of carbonyl (C=O) groups is 1. The highest BCUT2D eigenvalue weighted by Gasteiger charge is 2.04. The number of H-pyrrole nitrogens is 1. The van der Waals surface area contributed by atoms with Gasteiger partial charge in [0, 0.05) is 23.9 Å². The molecule has 4 heteroatoms. The summed E-state index contributed by atoms with van der Waals surface area (Å²) in [5, 5.41) is 2.62. The molecule has 0 unspecified atom stereocenters. The lowest BCUT2D eigenvalue weighted by molar-refractivity contribution is 0.0955. The second-order valence-corrected chi connectivity index (χ2v) is 2.78. The predicted octanol–water partition coefficient (Wildman–Crippen LogP) is 0.433. The van der Waals surface area contributed by atoms with Gasteiger partial charge in [0.2, 0.25) is 5.56 Å². The first-order chi connectivity index (χ1) is 6.13. The zero-order valence-electron chi connectivity index (χ0n) is 7.68. The molecule has 0 bridgehead atoms. The van der Waals surface area contributed by atoms with E-state index in [0.717, 1.165) is 0 Å². The lowest BCUT2D eigenvalue weighted by Gasteiger charge is -2.01. The summed E-state index contributed by atoms with van der Waals surface area (Å²) < 4.78 is 0. The number of pyridine rings is 1. The Morgan fingerprint density at radius 3 is 2.77 bits per heavy atom. The van der Waals surface area contributed by atoms with Gasteiger partial charge >= 0.3 is 0 Å². The van der Waals surface area contributed by atoms with E-state index in [0.29, 0.717) is 17.8 Å². The summed E-state index contributed by atoms with van der Waals surface area (Å²) in [6, 6.07) is 2.93. The minimum atomic E-state index is -0.249. The third kappa shape index (κ3) is 2.43. The van der Waals surface area contributed by atoms with E-state index in [1.54, 1.807) is 13.0 Å². The standard InChI is InChI=1S/C9H12N2O2/c1-3-10-9(13)7-4-6(2)11-8(12)5-7/h4-5H,3H2,1-2H3,(H,10,13)(H,11,12). The Hall–Kier alpha value is -1.58. The van der Waals surface area contributed by atoms with Crippen LogP contribution in [0.3, 0.4) is 0 Å². The van der Waals surface area contributed by atoms with Crippen LogP contribution in [0.15, 0.2) is 16.9 Å². The fourth-order valence-electron chi connectivity index (χ4n) is 1.08. The van der Waals surface area contributed by atoms with E-state index in [-0.39, 0.29) is 11.5 Å². The highest BCUT2D eigenvalue weighted by atomic mass is 16.2. The van der Waals surface area contributed by atoms with Crippen LogP contribution in [-0.4, -0.2) is 17.4 Å². The molecule has 0 atom stereocenters. The van der Waals surface area contributed by atoms with Gasteiger partial charge in [-0.25, -0.2) is 0 Å². The summed E-state index contributed by atoms with van der Waals surface area (Å²) in [6.07, 6.45) is 0. The molecule has 1 amide bonds. The van der Waals surface area contributed by atoms with Gasteiger partial charge < -0.3 is 10.3 Å². The number of carbonyl (C=O) groups excluding carboxylic acids is 1. The topological polar surface area (TPSA) is 62.0 Å². The molecular formula is C9H12N2O2. The maximum Gasteiger partial charge on any atom is 0.251 e. The van der Waals surface area contributed by atoms with Crippen molar-refractivity contribution in [3.63, 3.8) is 0 Å². The van der Waals surface area contributed by atoms with Crippen molar-refractivity contribution in [1.29, 1.82) is 0 Å². The number of aromatic amines is 1. The smallest absolute Gasteiger partial charge is 0.251 e. The SMILES string of the molecule is CCNC(=O)c1cc(C)[nH]c(=O)c1. The molecule has 0 saturated carbocycles. The van der Waals surface area contributed by atoms with Crippen LogP contribution in [0.2, 0.25) is 0 Å². The largest absolute Gasteiger partial charge is 0.352 e. The first-order valence-electron chi connectivity index (χ1n) is 4.12. The van der Waals surface area contributed by atoms with E-state index in [1.807, 2.05) is 6.92 Å². The maximum absolute atomic E-state index is 11.3. The Bertz CT molecular complexity index is 368. The van der Waals surface area contributed by atoms with Crippen LogP contribution < -0.4 is 10.9 Å². The van der Waals surface area contributed by atoms with Gasteiger partial charge in [0.1, 0.15) is 0 Å². The molecule has 4 nitrogen and oxygen atoms in total. The molecular weight excluding hydrogens is 168 g/mol. The highest BCUT2D eigenvalue weighted by molar-refractivity contribution is 5.94. The molecule has 1 rings (SSSR count). The van der Waals surface area contributed by atoms with Gasteiger partial charge in [-0.1, -0.05) is 0 Å². The Balaban J connectivity index is 3.01. The first kappa shape index (κ1) is 9.51. The van der Waals surface area contributed by atoms with Crippen molar-refractivity contribution in [3.8, 4) is 0 Å². The number of rotatable bonds is 2. The van der Waals surface area contributed by atoms with Crippen molar-refractivity contribution in [3.05, 3.63) is 33.7 Å². The average Bonchev–Trinajstić information content (AvgIpc) is 2.03. The molecule has 0 aromatic carbocycles. The number of amides is 1. The third-order valence-corrected chi connectivity index (χ3v) is 1.58. The summed E-state index contributed by atoms with van der Waals surface area (Å²) in [6.45, 7) is 4.13. The van der Waals surface area contributed by atoms with Gasteiger partial charge in [-0.3, -0.25) is 9.59 Å². The number of hydrogen-bond donors (Lipinski definition) is 2. The first-order valence-corrected chi connectivity index (χ1v) is 4.12. The average molecular weight is 180 g/mol. The van der Waals surface area contributed by atoms with Gasteiger partial charge in [0.25, 0.3) is 5.91 Å². The van der Waals surface area contributed by atoms with E-state index < -0.39 is 0 Å². The van der Waals surface area contributed by atoms with Gasteiger partial charge in [-0.05, 0) is 19.9 Å². The maximum atomic E-state index is 11.3.